The van der Waals surface area contributed by atoms with Crippen molar-refractivity contribution in [2.24, 2.45) is 0 Å². The van der Waals surface area contributed by atoms with Crippen molar-refractivity contribution in [2.75, 3.05) is 0 Å². The summed E-state index contributed by atoms with van der Waals surface area (Å²) in [6.45, 7) is 0. The average Bonchev–Trinajstić information content (AvgIpc) is 1.12. The normalized spacial score (nSPS) is 9.08. The van der Waals surface area contributed by atoms with Crippen molar-refractivity contribution in [3.8, 4) is 0 Å². The Morgan fingerprint density at radius 1 is 0.769 bits per heavy atom. The molecule has 0 aromatic carbocycles. The Labute approximate surface area is 107 Å². The first kappa shape index (κ1) is 29.4. The molecule has 1 radical (unpaired) electrons. The summed E-state index contributed by atoms with van der Waals surface area (Å²) in [5.74, 6) is 0. The molecule has 69 valence electrons. The largest absolute Gasteiger partial charge is 2.00 e. The minimum atomic E-state index is -5.64. The monoisotopic (exact) mass is 265 g/mol. The molecule has 0 unspecified atom stereocenters. The van der Waals surface area contributed by atoms with Crippen molar-refractivity contribution in [3.63, 3.8) is 0 Å². The van der Waals surface area contributed by atoms with Gasteiger partial charge in [0.25, 0.3) is 0 Å². The van der Waals surface area contributed by atoms with Crippen molar-refractivity contribution >= 4 is 15.8 Å². The van der Waals surface area contributed by atoms with Gasteiger partial charge in [-0.25, -0.2) is 8.39 Å². The van der Waals surface area contributed by atoms with Crippen molar-refractivity contribution in [1.82, 2.24) is 0 Å². The summed E-state index contributed by atoms with van der Waals surface area (Å²) in [4.78, 5) is 33.8. The summed E-state index contributed by atoms with van der Waals surface area (Å²) in [6, 6.07) is 0. The van der Waals surface area contributed by atoms with Gasteiger partial charge in [0.15, 0.2) is 0 Å². The molecule has 13 heavy (non-hydrogen) atoms. The second-order valence-electron chi connectivity index (χ2n) is 0.861. The van der Waals surface area contributed by atoms with Gasteiger partial charge in [0.05, 0.1) is 0 Å². The molecular weight excluding hydrogens is 265 g/mol. The molecule has 0 N–H and O–H groups in total. The Kier molecular flexibility index (Phi) is 27.0. The summed E-state index contributed by atoms with van der Waals surface area (Å²) in [7, 11) is -11.3. The molecule has 6 nitrogen and oxygen atoms in total. The van der Waals surface area contributed by atoms with Crippen LogP contribution < -0.4 is 57.3 Å². The molecule has 0 amide bonds. The first-order valence-electron chi connectivity index (χ1n) is 1.43. The van der Waals surface area contributed by atoms with Gasteiger partial charge in [-0.1, -0.05) is 0 Å². The van der Waals surface area contributed by atoms with Crippen LogP contribution in [0.1, 0.15) is 0 Å². The van der Waals surface area contributed by atoms with Crippen LogP contribution in [0.3, 0.4) is 0 Å². The first-order valence-corrected chi connectivity index (χ1v) is 4.30. The predicted molar refractivity (Wildman–Crippen MR) is 17.4 cm³/mol. The molecule has 0 aliphatic heterocycles. The van der Waals surface area contributed by atoms with E-state index in [1.807, 2.05) is 0 Å². The molecule has 0 fully saturated rings. The van der Waals surface area contributed by atoms with Crippen molar-refractivity contribution in [2.45, 2.75) is 0 Å². The van der Waals surface area contributed by atoms with Crippen LogP contribution in [0.15, 0.2) is 0 Å². The third kappa shape index (κ3) is 557. The number of halogens is 2. The molecule has 0 saturated heterocycles. The van der Waals surface area contributed by atoms with Crippen LogP contribution in [0.25, 0.3) is 0 Å². The molecule has 0 heterocycles. The molecule has 0 aromatic rings. The zero-order valence-electron chi connectivity index (χ0n) is 6.48. The van der Waals surface area contributed by atoms with E-state index in [1.54, 1.807) is 0 Å². The number of hydrogen-bond donors (Lipinski definition) is 0. The Morgan fingerprint density at radius 2 is 0.769 bits per heavy atom. The maximum Gasteiger partial charge on any atom is 2.00 e. The number of rotatable bonds is 0. The fraction of sp³-hybridized carbons (Fsp3) is 0. The maximum absolute atomic E-state index is 10.1. The van der Waals surface area contributed by atoms with Crippen LogP contribution in [0.4, 0.5) is 8.39 Å². The summed E-state index contributed by atoms with van der Waals surface area (Å²) in [6.07, 6.45) is 0. The van der Waals surface area contributed by atoms with E-state index in [2.05, 4.69) is 0 Å². The van der Waals surface area contributed by atoms with Crippen LogP contribution >= 0.6 is 15.8 Å². The molecule has 0 bridgehead atoms. The zero-order chi connectivity index (χ0) is 9.00. The van der Waals surface area contributed by atoms with Crippen LogP contribution in [-0.4, -0.2) is 0 Å². The third-order valence-electron chi connectivity index (χ3n) is 0. The molecular formula is F2Li2MnO6P2. The smallest absolute Gasteiger partial charge is 0.786 e. The van der Waals surface area contributed by atoms with E-state index in [0.717, 1.165) is 0 Å². The van der Waals surface area contributed by atoms with Gasteiger partial charge in [0.1, 0.15) is 15.8 Å². The third-order valence-corrected chi connectivity index (χ3v) is 0. The van der Waals surface area contributed by atoms with E-state index in [1.165, 1.54) is 0 Å². The van der Waals surface area contributed by atoms with Crippen LogP contribution in [-0.2, 0) is 26.2 Å². The zero-order valence-corrected chi connectivity index (χ0v) is 9.45. The standard InChI is InChI=1S/2FH2O3P.2Li.Mn/c2*1-5(2,3)4;;;/h2*(H2,2,3,4);;;/q;;2*+1;+2/p-4. The van der Waals surface area contributed by atoms with E-state index in [0.29, 0.717) is 0 Å². The minimum absolute atomic E-state index is 0. The molecule has 13 heteroatoms. The van der Waals surface area contributed by atoms with Gasteiger partial charge in [0, 0.05) is 0 Å². The summed E-state index contributed by atoms with van der Waals surface area (Å²) in [5.41, 5.74) is 0. The molecule has 0 rings (SSSR count). The van der Waals surface area contributed by atoms with Crippen molar-refractivity contribution in [1.29, 1.82) is 0 Å². The molecule has 0 saturated carbocycles. The minimum Gasteiger partial charge on any atom is -0.786 e. The first-order chi connectivity index (χ1) is 4.00. The van der Waals surface area contributed by atoms with Crippen LogP contribution in [0, 0.1) is 0 Å². The van der Waals surface area contributed by atoms with Gasteiger partial charge in [-0.05, 0) is 0 Å². The van der Waals surface area contributed by atoms with Crippen LogP contribution in [0.2, 0.25) is 0 Å². The van der Waals surface area contributed by atoms with E-state index >= 15 is 0 Å². The van der Waals surface area contributed by atoms with E-state index in [4.69, 9.17) is 28.7 Å². The predicted octanol–water partition coefficient (Wildman–Crippen LogP) is -8.43. The molecule has 0 aromatic heterocycles. The molecule has 0 aliphatic carbocycles. The van der Waals surface area contributed by atoms with E-state index in [-0.39, 0.29) is 54.8 Å². The molecule has 0 atom stereocenters. The topological polar surface area (TPSA) is 126 Å². The van der Waals surface area contributed by atoms with Gasteiger partial charge in [0.2, 0.25) is 0 Å². The quantitative estimate of drug-likeness (QED) is 0.316. The second-order valence-corrected chi connectivity index (χ2v) is 2.58. The van der Waals surface area contributed by atoms with Crippen molar-refractivity contribution < 1.29 is 91.9 Å². The van der Waals surface area contributed by atoms with E-state index < -0.39 is 15.8 Å². The van der Waals surface area contributed by atoms with Gasteiger partial charge >= 0.3 is 54.8 Å². The van der Waals surface area contributed by atoms with Crippen molar-refractivity contribution in [3.05, 3.63) is 0 Å². The van der Waals surface area contributed by atoms with Crippen LogP contribution in [0.5, 0.6) is 0 Å². The molecule has 0 spiro atoms. The molecule has 0 aliphatic rings. The van der Waals surface area contributed by atoms with Gasteiger partial charge in [-0.15, -0.1) is 0 Å². The summed E-state index contributed by atoms with van der Waals surface area (Å²) in [5, 5.41) is 0. The second kappa shape index (κ2) is 11.9. The van der Waals surface area contributed by atoms with Gasteiger partial charge < -0.3 is 28.7 Å². The van der Waals surface area contributed by atoms with Gasteiger partial charge in [-0.3, -0.25) is 0 Å². The summed E-state index contributed by atoms with van der Waals surface area (Å²) < 4.78 is 37.1. The van der Waals surface area contributed by atoms with E-state index in [9.17, 15) is 8.39 Å². The SMILES string of the molecule is O=P([O-])([O-])F.O=P([O-])([O-])F.[Li+].[Li+].[Mn+2]. The fourth-order valence-corrected chi connectivity index (χ4v) is 0. The maximum atomic E-state index is 10.1. The Bertz CT molecular complexity index is 139. The summed E-state index contributed by atoms with van der Waals surface area (Å²) >= 11 is 0. The Balaban J connectivity index is -0.0000000267. The number of hydrogen-bond acceptors (Lipinski definition) is 6. The Hall–Kier alpha value is 1.87. The Morgan fingerprint density at radius 3 is 0.769 bits per heavy atom. The average molecular weight is 265 g/mol. The van der Waals surface area contributed by atoms with Gasteiger partial charge in [-0.2, -0.15) is 0 Å². The fourth-order valence-electron chi connectivity index (χ4n) is 0.